The maximum absolute atomic E-state index is 9.12. The summed E-state index contributed by atoms with van der Waals surface area (Å²) in [5.41, 5.74) is 1.78. The fraction of sp³-hybridized carbons (Fsp3) is 0.294. The molecule has 2 rings (SSSR count). The maximum Gasteiger partial charge on any atom is 0.399 e. The zero-order valence-corrected chi connectivity index (χ0v) is 13.2. The average Bonchev–Trinajstić information content (AvgIpc) is 2.50. The first-order valence-corrected chi connectivity index (χ1v) is 7.91. The highest BCUT2D eigenvalue weighted by atomic mass is 32.2. The van der Waals surface area contributed by atoms with Crippen LogP contribution in [-0.4, -0.2) is 6.61 Å². The molecule has 2 aromatic rings. The van der Waals surface area contributed by atoms with E-state index >= 15 is 0 Å². The van der Waals surface area contributed by atoms with Crippen molar-refractivity contribution in [2.75, 3.05) is 6.61 Å². The molecule has 0 saturated heterocycles. The summed E-state index contributed by atoms with van der Waals surface area (Å²) in [4.78, 5) is 5.34. The van der Waals surface area contributed by atoms with Crippen LogP contribution >= 0.6 is 11.8 Å². The van der Waals surface area contributed by atoms with Gasteiger partial charge in [-0.1, -0.05) is 42.8 Å². The second kappa shape index (κ2) is 7.70. The highest BCUT2D eigenvalue weighted by Crippen LogP contribution is 2.37. The number of ether oxygens (including phenoxy) is 1. The molecule has 0 fully saturated rings. The second-order valence-electron chi connectivity index (χ2n) is 4.85. The van der Waals surface area contributed by atoms with E-state index in [0.717, 1.165) is 28.4 Å². The summed E-state index contributed by atoms with van der Waals surface area (Å²) >= 11 is 1.57. The molecule has 0 aliphatic heterocycles. The van der Waals surface area contributed by atoms with Gasteiger partial charge in [0, 0.05) is 17.0 Å². The van der Waals surface area contributed by atoms with Gasteiger partial charge in [-0.3, -0.25) is 0 Å². The first-order valence-electron chi connectivity index (χ1n) is 7.09. The van der Waals surface area contributed by atoms with E-state index in [4.69, 9.17) is 10.1 Å². The molecule has 4 heteroatoms. The molecule has 0 aromatic heterocycles. The molecule has 21 heavy (non-hydrogen) atoms. The Kier molecular flexibility index (Phi) is 5.65. The number of benzene rings is 2. The number of nitrogens with zero attached hydrogens (tertiary/aromatic N) is 2. The van der Waals surface area contributed by atoms with Crippen LogP contribution in [0.4, 0.5) is 5.69 Å². The van der Waals surface area contributed by atoms with Gasteiger partial charge in [0.25, 0.3) is 0 Å². The van der Waals surface area contributed by atoms with Crippen LogP contribution in [0, 0.1) is 12.3 Å². The van der Waals surface area contributed by atoms with E-state index in [1.165, 1.54) is 5.56 Å². The van der Waals surface area contributed by atoms with Gasteiger partial charge in [0.15, 0.2) is 4.98 Å². The lowest BCUT2D eigenvalue weighted by atomic mass is 10.2. The van der Waals surface area contributed by atoms with E-state index in [2.05, 4.69) is 43.1 Å². The monoisotopic (exact) mass is 299 g/mol. The quantitative estimate of drug-likeness (QED) is 0.499. The highest BCUT2D eigenvalue weighted by molar-refractivity contribution is 7.99. The Morgan fingerprint density at radius 2 is 1.90 bits per heavy atom. The van der Waals surface area contributed by atoms with Gasteiger partial charge in [-0.2, -0.15) is 0 Å². The van der Waals surface area contributed by atoms with Crippen molar-refractivity contribution in [1.29, 1.82) is 5.39 Å². The lowest BCUT2D eigenvalue weighted by Crippen LogP contribution is -1.96. The van der Waals surface area contributed by atoms with Crippen molar-refractivity contribution in [3.63, 3.8) is 0 Å². The first-order chi connectivity index (χ1) is 10.2. The lowest BCUT2D eigenvalue weighted by Gasteiger charge is -2.06. The molecule has 2 aromatic carbocycles. The summed E-state index contributed by atoms with van der Waals surface area (Å²) in [6.45, 7) is 4.90. The molecule has 0 atom stereocenters. The van der Waals surface area contributed by atoms with Gasteiger partial charge in [0.1, 0.15) is 10.6 Å². The Morgan fingerprint density at radius 3 is 2.57 bits per heavy atom. The zero-order valence-electron chi connectivity index (χ0n) is 12.4. The van der Waals surface area contributed by atoms with Gasteiger partial charge in [-0.05, 0) is 31.5 Å². The first kappa shape index (κ1) is 15.4. The van der Waals surface area contributed by atoms with Crippen molar-refractivity contribution in [1.82, 2.24) is 0 Å². The zero-order chi connectivity index (χ0) is 15.1. The van der Waals surface area contributed by atoms with Crippen molar-refractivity contribution in [2.45, 2.75) is 36.5 Å². The van der Waals surface area contributed by atoms with Gasteiger partial charge in [0.05, 0.1) is 6.61 Å². The fourth-order valence-electron chi connectivity index (χ4n) is 1.82. The summed E-state index contributed by atoms with van der Waals surface area (Å²) in [6.07, 6.45) is 2.14. The minimum Gasteiger partial charge on any atom is -0.494 e. The smallest absolute Gasteiger partial charge is 0.399 e. The van der Waals surface area contributed by atoms with Gasteiger partial charge in [-0.25, -0.2) is 0 Å². The van der Waals surface area contributed by atoms with Crippen molar-refractivity contribution in [3.8, 4) is 5.75 Å². The molecule has 0 unspecified atom stereocenters. The summed E-state index contributed by atoms with van der Waals surface area (Å²) in [5.74, 6) is 0.811. The Labute approximate surface area is 130 Å². The molecule has 0 saturated carbocycles. The second-order valence-corrected chi connectivity index (χ2v) is 5.96. The average molecular weight is 299 g/mol. The largest absolute Gasteiger partial charge is 0.494 e. The third kappa shape index (κ3) is 4.51. The predicted octanol–water partition coefficient (Wildman–Crippen LogP) is 5.81. The van der Waals surface area contributed by atoms with E-state index in [0.29, 0.717) is 12.3 Å². The summed E-state index contributed by atoms with van der Waals surface area (Å²) < 4.78 is 5.71. The topological polar surface area (TPSA) is 37.4 Å². The highest BCUT2D eigenvalue weighted by Gasteiger charge is 2.16. The van der Waals surface area contributed by atoms with E-state index in [-0.39, 0.29) is 0 Å². The molecule has 0 N–H and O–H groups in total. The third-order valence-electron chi connectivity index (χ3n) is 3.05. The molecule has 0 aliphatic rings. The van der Waals surface area contributed by atoms with Crippen molar-refractivity contribution in [2.24, 2.45) is 0 Å². The molecule has 0 aliphatic carbocycles. The maximum atomic E-state index is 9.12. The normalized spacial score (nSPS) is 10.1. The van der Waals surface area contributed by atoms with Gasteiger partial charge < -0.3 is 4.74 Å². The molecule has 0 amide bonds. The minimum absolute atomic E-state index is 0.559. The number of hydrogen-bond donors (Lipinski definition) is 0. The van der Waals surface area contributed by atoms with Crippen LogP contribution in [0.3, 0.4) is 0 Å². The van der Waals surface area contributed by atoms with Crippen LogP contribution in [0.2, 0.25) is 0 Å². The van der Waals surface area contributed by atoms with E-state index in [1.807, 2.05) is 12.1 Å². The molecular formula is C17H19N2OS+. The van der Waals surface area contributed by atoms with Gasteiger partial charge in [-0.15, -0.1) is 0 Å². The number of rotatable bonds is 6. The summed E-state index contributed by atoms with van der Waals surface area (Å²) in [7, 11) is 0. The van der Waals surface area contributed by atoms with Gasteiger partial charge >= 0.3 is 5.69 Å². The lowest BCUT2D eigenvalue weighted by molar-refractivity contribution is 0.309. The van der Waals surface area contributed by atoms with E-state index < -0.39 is 0 Å². The van der Waals surface area contributed by atoms with Crippen LogP contribution in [0.5, 0.6) is 5.75 Å². The molecule has 0 bridgehead atoms. The SMILES string of the molecule is CCCCOc1ccc([N+]#N)c(Sc2ccc(C)cc2)c1. The van der Waals surface area contributed by atoms with E-state index in [1.54, 1.807) is 17.8 Å². The number of diazo groups is 1. The minimum atomic E-state index is 0.559. The molecular weight excluding hydrogens is 280 g/mol. The number of unbranched alkanes of at least 4 members (excludes halogenated alkanes) is 1. The van der Waals surface area contributed by atoms with Crippen molar-refractivity contribution < 1.29 is 4.74 Å². The van der Waals surface area contributed by atoms with Crippen LogP contribution in [0.15, 0.2) is 52.3 Å². The van der Waals surface area contributed by atoms with Crippen LogP contribution in [-0.2, 0) is 0 Å². The van der Waals surface area contributed by atoms with Gasteiger partial charge in [0.2, 0.25) is 5.39 Å². The standard InChI is InChI=1S/C17H19N2OS/c1-3-4-11-20-14-7-10-16(19-18)17(12-14)21-15-8-5-13(2)6-9-15/h5-10,12H,3-4,11H2,1-2H3/q+1. The summed E-state index contributed by atoms with van der Waals surface area (Å²) in [5, 5.41) is 9.12. The Hall–Kier alpha value is -1.99. The Balaban J connectivity index is 2.17. The predicted molar refractivity (Wildman–Crippen MR) is 86.9 cm³/mol. The Bertz CT molecular complexity index is 632. The van der Waals surface area contributed by atoms with Crippen molar-refractivity contribution >= 4 is 17.4 Å². The molecule has 0 radical (unpaired) electrons. The van der Waals surface area contributed by atoms with E-state index in [9.17, 15) is 0 Å². The number of aryl methyl sites for hydroxylation is 1. The molecule has 0 heterocycles. The Morgan fingerprint density at radius 1 is 1.14 bits per heavy atom. The molecule has 3 nitrogen and oxygen atoms in total. The summed E-state index contributed by atoms with van der Waals surface area (Å²) in [6, 6.07) is 13.8. The van der Waals surface area contributed by atoms with Crippen LogP contribution in [0.1, 0.15) is 25.3 Å². The van der Waals surface area contributed by atoms with Crippen LogP contribution in [0.25, 0.3) is 4.98 Å². The van der Waals surface area contributed by atoms with Crippen molar-refractivity contribution in [3.05, 3.63) is 53.0 Å². The molecule has 0 spiro atoms. The van der Waals surface area contributed by atoms with Crippen LogP contribution < -0.4 is 4.74 Å². The molecule has 108 valence electrons. The number of hydrogen-bond acceptors (Lipinski definition) is 3. The third-order valence-corrected chi connectivity index (χ3v) is 4.11. The fourth-order valence-corrected chi connectivity index (χ4v) is 2.73.